The van der Waals surface area contributed by atoms with Gasteiger partial charge >= 0.3 is 0 Å². The van der Waals surface area contributed by atoms with Crippen LogP contribution in [-0.2, 0) is 0 Å². The summed E-state index contributed by atoms with van der Waals surface area (Å²) >= 11 is 0. The second-order valence-corrected chi connectivity index (χ2v) is 3.01. The standard InChI is InChI=1S/C12H14O/c1-4-12(3,5-2)13-11-9-7-6-8-10-11/h4-10H,1-2H2,3H3. The highest BCUT2D eigenvalue weighted by atomic mass is 16.5. The van der Waals surface area contributed by atoms with Crippen molar-refractivity contribution in [2.75, 3.05) is 0 Å². The molecule has 0 spiro atoms. The van der Waals surface area contributed by atoms with Crippen molar-refractivity contribution in [2.45, 2.75) is 12.5 Å². The molecule has 0 saturated carbocycles. The van der Waals surface area contributed by atoms with Crippen LogP contribution in [0, 0.1) is 0 Å². The number of benzene rings is 1. The maximum absolute atomic E-state index is 5.66. The molecule has 0 aliphatic rings. The van der Waals surface area contributed by atoms with E-state index in [0.29, 0.717) is 0 Å². The van der Waals surface area contributed by atoms with Gasteiger partial charge in [-0.1, -0.05) is 31.4 Å². The molecule has 0 saturated heterocycles. The lowest BCUT2D eigenvalue weighted by atomic mass is 10.1. The van der Waals surface area contributed by atoms with Gasteiger partial charge in [-0.3, -0.25) is 0 Å². The smallest absolute Gasteiger partial charge is 0.142 e. The topological polar surface area (TPSA) is 9.23 Å². The van der Waals surface area contributed by atoms with Crippen molar-refractivity contribution in [3.8, 4) is 5.75 Å². The third-order valence-corrected chi connectivity index (χ3v) is 1.89. The Kier molecular flexibility index (Phi) is 2.91. The van der Waals surface area contributed by atoms with Crippen LogP contribution in [-0.4, -0.2) is 5.60 Å². The fraction of sp³-hybridized carbons (Fsp3) is 0.167. The first-order valence-electron chi connectivity index (χ1n) is 4.21. The van der Waals surface area contributed by atoms with Crippen LogP contribution >= 0.6 is 0 Å². The Hall–Kier alpha value is -1.50. The van der Waals surface area contributed by atoms with Crippen molar-refractivity contribution >= 4 is 0 Å². The van der Waals surface area contributed by atoms with Crippen LogP contribution in [0.5, 0.6) is 5.75 Å². The van der Waals surface area contributed by atoms with Crippen molar-refractivity contribution in [1.29, 1.82) is 0 Å². The maximum atomic E-state index is 5.66. The molecule has 0 N–H and O–H groups in total. The molecular formula is C12H14O. The Morgan fingerprint density at radius 2 is 1.69 bits per heavy atom. The number of para-hydroxylation sites is 1. The lowest BCUT2D eigenvalue weighted by Crippen LogP contribution is -2.26. The summed E-state index contributed by atoms with van der Waals surface area (Å²) in [7, 11) is 0. The molecule has 1 heteroatoms. The van der Waals surface area contributed by atoms with Gasteiger partial charge in [0.05, 0.1) is 0 Å². The van der Waals surface area contributed by atoms with Gasteiger partial charge in [0.15, 0.2) is 0 Å². The Bertz CT molecular complexity index is 279. The van der Waals surface area contributed by atoms with Gasteiger partial charge in [-0.2, -0.15) is 0 Å². The minimum atomic E-state index is -0.485. The van der Waals surface area contributed by atoms with E-state index in [2.05, 4.69) is 13.2 Å². The van der Waals surface area contributed by atoms with E-state index >= 15 is 0 Å². The van der Waals surface area contributed by atoms with Crippen molar-refractivity contribution in [3.05, 3.63) is 55.6 Å². The van der Waals surface area contributed by atoms with E-state index < -0.39 is 5.60 Å². The zero-order chi connectivity index (χ0) is 9.73. The normalized spacial score (nSPS) is 10.5. The molecule has 1 nitrogen and oxygen atoms in total. The van der Waals surface area contributed by atoms with E-state index in [1.807, 2.05) is 37.3 Å². The van der Waals surface area contributed by atoms with Crippen molar-refractivity contribution in [1.82, 2.24) is 0 Å². The molecule has 1 aromatic rings. The second-order valence-electron chi connectivity index (χ2n) is 3.01. The van der Waals surface area contributed by atoms with Crippen molar-refractivity contribution in [3.63, 3.8) is 0 Å². The van der Waals surface area contributed by atoms with Crippen LogP contribution in [0.25, 0.3) is 0 Å². The minimum Gasteiger partial charge on any atom is -0.479 e. The van der Waals surface area contributed by atoms with Gasteiger partial charge in [0.2, 0.25) is 0 Å². The van der Waals surface area contributed by atoms with Crippen LogP contribution < -0.4 is 4.74 Å². The summed E-state index contributed by atoms with van der Waals surface area (Å²) in [5, 5.41) is 0. The predicted molar refractivity (Wildman–Crippen MR) is 55.9 cm³/mol. The first kappa shape index (κ1) is 9.59. The molecule has 0 aliphatic carbocycles. The van der Waals surface area contributed by atoms with Gasteiger partial charge in [0, 0.05) is 0 Å². The number of hydrogen-bond donors (Lipinski definition) is 0. The molecule has 0 radical (unpaired) electrons. The zero-order valence-electron chi connectivity index (χ0n) is 7.86. The molecule has 0 heterocycles. The van der Waals surface area contributed by atoms with Gasteiger partial charge in [0.25, 0.3) is 0 Å². The maximum Gasteiger partial charge on any atom is 0.142 e. The summed E-state index contributed by atoms with van der Waals surface area (Å²) in [5.74, 6) is 0.824. The molecule has 68 valence electrons. The number of rotatable bonds is 4. The van der Waals surface area contributed by atoms with Crippen LogP contribution in [0.4, 0.5) is 0 Å². The Morgan fingerprint density at radius 3 is 2.15 bits per heavy atom. The summed E-state index contributed by atoms with van der Waals surface area (Å²) in [6, 6.07) is 9.63. The summed E-state index contributed by atoms with van der Waals surface area (Å²) in [6.07, 6.45) is 3.46. The molecule has 1 aromatic carbocycles. The van der Waals surface area contributed by atoms with Crippen LogP contribution in [0.3, 0.4) is 0 Å². The van der Waals surface area contributed by atoms with Gasteiger partial charge in [-0.05, 0) is 31.2 Å². The third-order valence-electron chi connectivity index (χ3n) is 1.89. The van der Waals surface area contributed by atoms with Crippen LogP contribution in [0.2, 0.25) is 0 Å². The largest absolute Gasteiger partial charge is 0.479 e. The van der Waals surface area contributed by atoms with E-state index in [9.17, 15) is 0 Å². The second kappa shape index (κ2) is 3.94. The molecule has 0 fully saturated rings. The highest BCUT2D eigenvalue weighted by Gasteiger charge is 2.16. The molecule has 0 aliphatic heterocycles. The van der Waals surface area contributed by atoms with Gasteiger partial charge in [0.1, 0.15) is 11.4 Å². The molecule has 1 rings (SSSR count). The predicted octanol–water partition coefficient (Wildman–Crippen LogP) is 3.20. The molecule has 0 bridgehead atoms. The van der Waals surface area contributed by atoms with Crippen molar-refractivity contribution in [2.24, 2.45) is 0 Å². The lowest BCUT2D eigenvalue weighted by molar-refractivity contribution is 0.193. The zero-order valence-corrected chi connectivity index (χ0v) is 7.86. The summed E-state index contributed by atoms with van der Waals surface area (Å²) in [4.78, 5) is 0. The lowest BCUT2D eigenvalue weighted by Gasteiger charge is -2.23. The fourth-order valence-electron chi connectivity index (χ4n) is 0.909. The summed E-state index contributed by atoms with van der Waals surface area (Å²) in [6.45, 7) is 9.32. The van der Waals surface area contributed by atoms with Crippen LogP contribution in [0.1, 0.15) is 6.92 Å². The number of hydrogen-bond acceptors (Lipinski definition) is 1. The van der Waals surface area contributed by atoms with E-state index in [4.69, 9.17) is 4.74 Å². The van der Waals surface area contributed by atoms with Gasteiger partial charge in [-0.25, -0.2) is 0 Å². The first-order chi connectivity index (χ1) is 6.20. The van der Waals surface area contributed by atoms with E-state index in [1.54, 1.807) is 12.2 Å². The fourth-order valence-corrected chi connectivity index (χ4v) is 0.909. The average Bonchev–Trinajstić information content (AvgIpc) is 2.19. The Balaban J connectivity index is 2.79. The summed E-state index contributed by atoms with van der Waals surface area (Å²) < 4.78 is 5.66. The molecule has 0 unspecified atom stereocenters. The quantitative estimate of drug-likeness (QED) is 0.637. The SMILES string of the molecule is C=CC(C)(C=C)Oc1ccccc1. The van der Waals surface area contributed by atoms with E-state index in [0.717, 1.165) is 5.75 Å². The molecular weight excluding hydrogens is 160 g/mol. The summed E-state index contributed by atoms with van der Waals surface area (Å²) in [5.41, 5.74) is -0.485. The number of ether oxygens (including phenoxy) is 1. The van der Waals surface area contributed by atoms with Gasteiger partial charge < -0.3 is 4.74 Å². The molecule has 13 heavy (non-hydrogen) atoms. The first-order valence-corrected chi connectivity index (χ1v) is 4.21. The third kappa shape index (κ3) is 2.48. The molecule has 0 amide bonds. The molecule has 0 aromatic heterocycles. The van der Waals surface area contributed by atoms with Gasteiger partial charge in [-0.15, -0.1) is 0 Å². The molecule has 0 atom stereocenters. The van der Waals surface area contributed by atoms with E-state index in [1.165, 1.54) is 0 Å². The highest BCUT2D eigenvalue weighted by Crippen LogP contribution is 2.19. The van der Waals surface area contributed by atoms with Crippen molar-refractivity contribution < 1.29 is 4.74 Å². The Labute approximate surface area is 79.4 Å². The minimum absolute atomic E-state index is 0.485. The van der Waals surface area contributed by atoms with E-state index in [-0.39, 0.29) is 0 Å². The Morgan fingerprint density at radius 1 is 1.15 bits per heavy atom. The monoisotopic (exact) mass is 174 g/mol. The highest BCUT2D eigenvalue weighted by molar-refractivity contribution is 5.24. The van der Waals surface area contributed by atoms with Crippen LogP contribution in [0.15, 0.2) is 55.6 Å². The average molecular weight is 174 g/mol.